The highest BCUT2D eigenvalue weighted by Crippen LogP contribution is 2.15. The predicted molar refractivity (Wildman–Crippen MR) is 58.4 cm³/mol. The van der Waals surface area contributed by atoms with Crippen LogP contribution in [-0.4, -0.2) is 10.9 Å². The van der Waals surface area contributed by atoms with Crippen LogP contribution in [0.15, 0.2) is 30.5 Å². The van der Waals surface area contributed by atoms with Crippen molar-refractivity contribution in [3.63, 3.8) is 0 Å². The number of ether oxygens (including phenoxy) is 1. The van der Waals surface area contributed by atoms with E-state index in [9.17, 15) is 14.9 Å². The fourth-order valence-electron chi connectivity index (χ4n) is 1.03. The second-order valence-corrected chi connectivity index (χ2v) is 3.00. The van der Waals surface area contributed by atoms with Crippen LogP contribution in [0, 0.1) is 10.1 Å². The van der Waals surface area contributed by atoms with Gasteiger partial charge in [-0.1, -0.05) is 19.1 Å². The van der Waals surface area contributed by atoms with Gasteiger partial charge in [0.05, 0.1) is 4.92 Å². The lowest BCUT2D eigenvalue weighted by Crippen LogP contribution is -2.05. The second-order valence-electron chi connectivity index (χ2n) is 3.00. The third-order valence-corrected chi connectivity index (χ3v) is 1.77. The summed E-state index contributed by atoms with van der Waals surface area (Å²) >= 11 is 0. The van der Waals surface area contributed by atoms with Crippen LogP contribution in [0.3, 0.4) is 0 Å². The average molecular weight is 221 g/mol. The van der Waals surface area contributed by atoms with E-state index in [1.807, 2.05) is 0 Å². The maximum atomic E-state index is 11.0. The zero-order chi connectivity index (χ0) is 12.0. The summed E-state index contributed by atoms with van der Waals surface area (Å²) in [7, 11) is 0. The van der Waals surface area contributed by atoms with E-state index >= 15 is 0 Å². The topological polar surface area (TPSA) is 69.4 Å². The molecule has 0 aliphatic heterocycles. The first-order valence-electron chi connectivity index (χ1n) is 4.74. The minimum absolute atomic E-state index is 0.287. The van der Waals surface area contributed by atoms with Gasteiger partial charge >= 0.3 is 5.97 Å². The van der Waals surface area contributed by atoms with Gasteiger partial charge in [-0.3, -0.25) is 14.9 Å². The predicted octanol–water partition coefficient (Wildman–Crippen LogP) is 2.25. The number of carbonyl (C=O) groups is 1. The number of hydrogen-bond donors (Lipinski definition) is 0. The van der Waals surface area contributed by atoms with Gasteiger partial charge in [0.1, 0.15) is 5.75 Å². The summed E-state index contributed by atoms with van der Waals surface area (Å²) in [4.78, 5) is 20.6. The molecule has 0 bridgehead atoms. The molecular weight excluding hydrogens is 210 g/mol. The number of hydrogen-bond acceptors (Lipinski definition) is 4. The van der Waals surface area contributed by atoms with Gasteiger partial charge in [0, 0.05) is 12.5 Å². The largest absolute Gasteiger partial charge is 0.427 e. The van der Waals surface area contributed by atoms with Gasteiger partial charge in [-0.2, -0.15) is 0 Å². The molecule has 5 nitrogen and oxygen atoms in total. The van der Waals surface area contributed by atoms with Crippen molar-refractivity contribution in [2.75, 3.05) is 0 Å². The minimum atomic E-state index is -0.551. The van der Waals surface area contributed by atoms with Gasteiger partial charge in [0.25, 0.3) is 0 Å². The Kier molecular flexibility index (Phi) is 4.20. The third-order valence-electron chi connectivity index (χ3n) is 1.77. The molecule has 84 valence electrons. The quantitative estimate of drug-likeness (QED) is 0.338. The van der Waals surface area contributed by atoms with E-state index in [2.05, 4.69) is 0 Å². The molecule has 0 atom stereocenters. The number of nitrogens with zero attached hydrogens (tertiary/aromatic N) is 1. The number of benzene rings is 1. The van der Waals surface area contributed by atoms with Crippen LogP contribution in [0.2, 0.25) is 0 Å². The Morgan fingerprint density at radius 2 is 2.31 bits per heavy atom. The number of esters is 1. The van der Waals surface area contributed by atoms with Crippen molar-refractivity contribution in [3.8, 4) is 5.75 Å². The summed E-state index contributed by atoms with van der Waals surface area (Å²) < 4.78 is 4.97. The van der Waals surface area contributed by atoms with E-state index in [0.717, 1.165) is 6.20 Å². The van der Waals surface area contributed by atoms with Crippen molar-refractivity contribution >= 4 is 12.0 Å². The Labute approximate surface area is 92.5 Å². The monoisotopic (exact) mass is 221 g/mol. The highest BCUT2D eigenvalue weighted by Gasteiger charge is 2.01. The molecule has 0 N–H and O–H groups in total. The maximum absolute atomic E-state index is 11.0. The average Bonchev–Trinajstić information content (AvgIpc) is 2.26. The Morgan fingerprint density at radius 3 is 2.94 bits per heavy atom. The van der Waals surface area contributed by atoms with Crippen LogP contribution >= 0.6 is 0 Å². The Balaban J connectivity index is 2.78. The molecule has 1 aromatic carbocycles. The Bertz CT molecular complexity index is 426. The highest BCUT2D eigenvalue weighted by atomic mass is 16.6. The smallest absolute Gasteiger partial charge is 0.310 e. The van der Waals surface area contributed by atoms with Crippen LogP contribution in [0.1, 0.15) is 18.9 Å². The minimum Gasteiger partial charge on any atom is -0.427 e. The molecule has 0 unspecified atom stereocenters. The van der Waals surface area contributed by atoms with E-state index in [1.165, 1.54) is 6.08 Å². The van der Waals surface area contributed by atoms with Gasteiger partial charge in [-0.25, -0.2) is 0 Å². The summed E-state index contributed by atoms with van der Waals surface area (Å²) in [6.45, 7) is 1.69. The van der Waals surface area contributed by atoms with Crippen LogP contribution in [0.5, 0.6) is 5.75 Å². The molecule has 1 aromatic rings. The Morgan fingerprint density at radius 1 is 1.56 bits per heavy atom. The van der Waals surface area contributed by atoms with E-state index in [-0.39, 0.29) is 12.4 Å². The van der Waals surface area contributed by atoms with Crippen molar-refractivity contribution in [2.24, 2.45) is 0 Å². The lowest BCUT2D eigenvalue weighted by Gasteiger charge is -2.02. The normalized spacial score (nSPS) is 10.3. The van der Waals surface area contributed by atoms with E-state index in [4.69, 9.17) is 4.74 Å². The van der Waals surface area contributed by atoms with Gasteiger partial charge < -0.3 is 4.74 Å². The molecule has 0 aliphatic carbocycles. The summed E-state index contributed by atoms with van der Waals surface area (Å²) in [5.74, 6) is 0.0488. The molecular formula is C11H11NO4. The molecule has 1 rings (SSSR count). The third kappa shape index (κ3) is 3.91. The first-order valence-corrected chi connectivity index (χ1v) is 4.74. The molecule has 0 aliphatic rings. The summed E-state index contributed by atoms with van der Waals surface area (Å²) in [5.41, 5.74) is 0.609. The highest BCUT2D eigenvalue weighted by molar-refractivity contribution is 5.72. The first kappa shape index (κ1) is 11.9. The van der Waals surface area contributed by atoms with Crippen LogP contribution in [0.4, 0.5) is 0 Å². The summed E-state index contributed by atoms with van der Waals surface area (Å²) in [6, 6.07) is 6.53. The SMILES string of the molecule is CCC(=O)Oc1cccc(C=C[N+](=O)[O-])c1. The van der Waals surface area contributed by atoms with Crippen LogP contribution in [-0.2, 0) is 4.79 Å². The zero-order valence-corrected chi connectivity index (χ0v) is 8.75. The number of carbonyl (C=O) groups excluding carboxylic acids is 1. The fraction of sp³-hybridized carbons (Fsp3) is 0.182. The lowest BCUT2D eigenvalue weighted by molar-refractivity contribution is -0.400. The molecule has 0 amide bonds. The van der Waals surface area contributed by atoms with Gasteiger partial charge in [-0.05, 0) is 17.7 Å². The molecule has 0 aromatic heterocycles. The molecule has 5 heteroatoms. The Hall–Kier alpha value is -2.17. The van der Waals surface area contributed by atoms with E-state index < -0.39 is 4.92 Å². The van der Waals surface area contributed by atoms with Crippen molar-refractivity contribution < 1.29 is 14.5 Å². The summed E-state index contributed by atoms with van der Waals surface area (Å²) in [6.07, 6.45) is 2.46. The van der Waals surface area contributed by atoms with Crippen molar-refractivity contribution in [2.45, 2.75) is 13.3 Å². The molecule has 0 spiro atoms. The van der Waals surface area contributed by atoms with Gasteiger partial charge in [-0.15, -0.1) is 0 Å². The molecule has 0 heterocycles. The lowest BCUT2D eigenvalue weighted by atomic mass is 10.2. The maximum Gasteiger partial charge on any atom is 0.310 e. The van der Waals surface area contributed by atoms with E-state index in [1.54, 1.807) is 31.2 Å². The van der Waals surface area contributed by atoms with Crippen molar-refractivity contribution in [3.05, 3.63) is 46.1 Å². The first-order chi connectivity index (χ1) is 7.61. The number of nitro groups is 1. The fourth-order valence-corrected chi connectivity index (χ4v) is 1.03. The molecule has 0 radical (unpaired) electrons. The van der Waals surface area contributed by atoms with Crippen molar-refractivity contribution in [1.82, 2.24) is 0 Å². The molecule has 0 fully saturated rings. The molecule has 0 saturated carbocycles. The van der Waals surface area contributed by atoms with Crippen molar-refractivity contribution in [1.29, 1.82) is 0 Å². The number of rotatable bonds is 4. The second kappa shape index (κ2) is 5.65. The summed E-state index contributed by atoms with van der Waals surface area (Å²) in [5, 5.41) is 10.1. The van der Waals surface area contributed by atoms with Gasteiger partial charge in [0.15, 0.2) is 0 Å². The standard InChI is InChI=1S/C11H11NO4/c1-2-11(13)16-10-5-3-4-9(8-10)6-7-12(14)15/h3-8H,2H2,1H3. The molecule has 16 heavy (non-hydrogen) atoms. The zero-order valence-electron chi connectivity index (χ0n) is 8.75. The van der Waals surface area contributed by atoms with E-state index in [0.29, 0.717) is 11.3 Å². The van der Waals surface area contributed by atoms with Crippen LogP contribution in [0.25, 0.3) is 6.08 Å². The molecule has 0 saturated heterocycles. The van der Waals surface area contributed by atoms with Gasteiger partial charge in [0.2, 0.25) is 6.20 Å². The van der Waals surface area contributed by atoms with Crippen LogP contribution < -0.4 is 4.74 Å².